The van der Waals surface area contributed by atoms with Crippen LogP contribution in [0.15, 0.2) is 35.3 Å². The highest BCUT2D eigenvalue weighted by atomic mass is 19.1. The van der Waals surface area contributed by atoms with Gasteiger partial charge in [-0.15, -0.1) is 0 Å². The van der Waals surface area contributed by atoms with Crippen LogP contribution >= 0.6 is 0 Å². The van der Waals surface area contributed by atoms with Crippen molar-refractivity contribution in [1.29, 1.82) is 0 Å². The largest absolute Gasteiger partial charge is 0.444 e. The topological polar surface area (TPSA) is 127 Å². The summed E-state index contributed by atoms with van der Waals surface area (Å²) in [6, 6.07) is 3.07. The van der Waals surface area contributed by atoms with Gasteiger partial charge in [0.05, 0.1) is 13.1 Å². The van der Waals surface area contributed by atoms with Gasteiger partial charge in [-0.2, -0.15) is 0 Å². The van der Waals surface area contributed by atoms with Crippen molar-refractivity contribution in [3.8, 4) is 0 Å². The molecule has 11 nitrogen and oxygen atoms in total. The Morgan fingerprint density at radius 1 is 1.16 bits per heavy atom. The number of hydrogen-bond acceptors (Lipinski definition) is 8. The van der Waals surface area contributed by atoms with E-state index in [-0.39, 0.29) is 43.7 Å². The molecule has 5 atom stereocenters. The fourth-order valence-corrected chi connectivity index (χ4v) is 6.50. The molecule has 5 aliphatic rings. The highest BCUT2D eigenvalue weighted by Crippen LogP contribution is 2.52. The van der Waals surface area contributed by atoms with E-state index >= 15 is 0 Å². The Hall–Kier alpha value is -3.96. The van der Waals surface area contributed by atoms with E-state index in [2.05, 4.69) is 11.4 Å². The van der Waals surface area contributed by atoms with Gasteiger partial charge in [0, 0.05) is 24.4 Å². The number of aliphatic imine (C=N–C) groups is 1. The second-order valence-electron chi connectivity index (χ2n) is 13.3. The van der Waals surface area contributed by atoms with Crippen LogP contribution in [0.2, 0.25) is 0 Å². The first-order valence-corrected chi connectivity index (χ1v) is 15.4. The zero-order valence-corrected chi connectivity index (χ0v) is 25.3. The van der Waals surface area contributed by atoms with Crippen molar-refractivity contribution >= 4 is 30.0 Å². The lowest BCUT2D eigenvalue weighted by Crippen LogP contribution is -2.52. The first kappa shape index (κ1) is 30.1. The van der Waals surface area contributed by atoms with Crippen LogP contribution in [0, 0.1) is 11.7 Å². The normalized spacial score (nSPS) is 30.6. The fourth-order valence-electron chi connectivity index (χ4n) is 6.50. The molecule has 1 N–H and O–H groups in total. The first-order valence-electron chi connectivity index (χ1n) is 15.4. The van der Waals surface area contributed by atoms with Crippen LogP contribution in [0.4, 0.5) is 14.0 Å². The molecule has 1 aliphatic carbocycles. The molecule has 2 bridgehead atoms. The van der Waals surface area contributed by atoms with E-state index in [9.17, 15) is 23.6 Å². The summed E-state index contributed by atoms with van der Waals surface area (Å²) >= 11 is 0. The first-order chi connectivity index (χ1) is 20.9. The number of alkyl carbamates (subject to hydrolysis) is 1. The molecule has 2 fully saturated rings. The average Bonchev–Trinajstić information content (AvgIpc) is 3.24. The molecule has 1 saturated heterocycles. The summed E-state index contributed by atoms with van der Waals surface area (Å²) in [6.07, 6.45) is 6.40. The van der Waals surface area contributed by atoms with Crippen LogP contribution in [0.3, 0.4) is 0 Å². The quantitative estimate of drug-likeness (QED) is 0.299. The van der Waals surface area contributed by atoms with E-state index < -0.39 is 53.4 Å². The Balaban J connectivity index is 1.24. The standard InChI is InChI=1S/C32H39FN4O7/c1-31(2,3)44-29(40)34-24-13-8-6-4-5-7-11-20-15-32(20)28(39)43-26(35-32)25-14-21(17-37(25)27(24)38)42-30(41)36-16-19-10-9-12-23(33)22(19)18-36/h7,9-12,20-21,24-25H,4-6,8,13-18H2,1-3H3,(H,34,40)/b11-7-/t20-,21-,24+,25+,32-/m1/s1. The number of nitrogens with one attached hydrogen (secondary N) is 1. The number of benzene rings is 1. The second-order valence-corrected chi connectivity index (χ2v) is 13.3. The van der Waals surface area contributed by atoms with Gasteiger partial charge in [0.2, 0.25) is 11.8 Å². The van der Waals surface area contributed by atoms with Gasteiger partial charge >= 0.3 is 18.2 Å². The summed E-state index contributed by atoms with van der Waals surface area (Å²) < 4.78 is 31.3. The molecule has 6 rings (SSSR count). The smallest absolute Gasteiger partial charge is 0.410 e. The van der Waals surface area contributed by atoms with Crippen molar-refractivity contribution in [1.82, 2.24) is 15.1 Å². The van der Waals surface area contributed by atoms with Crippen molar-refractivity contribution in [2.45, 2.75) is 108 Å². The van der Waals surface area contributed by atoms with E-state index in [1.54, 1.807) is 32.9 Å². The lowest BCUT2D eigenvalue weighted by atomic mass is 10.0. The number of esters is 1. The molecule has 0 unspecified atom stereocenters. The van der Waals surface area contributed by atoms with Gasteiger partial charge < -0.3 is 24.4 Å². The maximum atomic E-state index is 14.3. The number of halogens is 1. The molecule has 1 saturated carbocycles. The van der Waals surface area contributed by atoms with E-state index in [4.69, 9.17) is 19.2 Å². The SMILES string of the molecule is CC(C)(C)OC(=O)N[C@H]1CCCCC/C=C\[C@@H]2C[C@@]23N=C(OC3=O)[C@@H]2C[C@@H](OC(=O)N3Cc4cccc(F)c4C3)CN2C1=O. The molecular weight excluding hydrogens is 571 g/mol. The minimum Gasteiger partial charge on any atom is -0.444 e. The average molecular weight is 611 g/mol. The predicted octanol–water partition coefficient (Wildman–Crippen LogP) is 4.38. The lowest BCUT2D eigenvalue weighted by Gasteiger charge is -2.29. The molecule has 236 valence electrons. The number of carbonyl (C=O) groups excluding carboxylic acids is 4. The third-order valence-corrected chi connectivity index (χ3v) is 8.85. The number of amides is 3. The Labute approximate surface area is 255 Å². The zero-order valence-electron chi connectivity index (χ0n) is 25.3. The molecule has 44 heavy (non-hydrogen) atoms. The minimum absolute atomic E-state index is 0.0176. The molecule has 3 amide bonds. The van der Waals surface area contributed by atoms with Crippen LogP contribution in [-0.2, 0) is 36.9 Å². The Bertz CT molecular complexity index is 1420. The van der Waals surface area contributed by atoms with Gasteiger partial charge in [0.15, 0.2) is 5.54 Å². The van der Waals surface area contributed by atoms with Crippen molar-refractivity contribution in [2.75, 3.05) is 6.54 Å². The molecule has 1 spiro atoms. The number of ether oxygens (including phenoxy) is 3. The highest BCUT2D eigenvalue weighted by Gasteiger charge is 2.65. The minimum atomic E-state index is -0.977. The number of nitrogens with zero attached hydrogens (tertiary/aromatic N) is 3. The molecule has 0 radical (unpaired) electrons. The molecule has 1 aromatic rings. The predicted molar refractivity (Wildman–Crippen MR) is 156 cm³/mol. The van der Waals surface area contributed by atoms with E-state index in [0.717, 1.165) is 24.8 Å². The molecule has 4 heterocycles. The Morgan fingerprint density at radius 3 is 2.75 bits per heavy atom. The maximum Gasteiger partial charge on any atom is 0.410 e. The van der Waals surface area contributed by atoms with E-state index in [0.29, 0.717) is 24.8 Å². The van der Waals surface area contributed by atoms with Crippen molar-refractivity contribution < 1.29 is 37.8 Å². The molecule has 4 aliphatic heterocycles. The van der Waals surface area contributed by atoms with E-state index in [1.807, 2.05) is 6.08 Å². The Kier molecular flexibility index (Phi) is 7.87. The summed E-state index contributed by atoms with van der Waals surface area (Å²) in [4.78, 5) is 60.8. The third kappa shape index (κ3) is 6.03. The lowest BCUT2D eigenvalue weighted by molar-refractivity contribution is -0.138. The van der Waals surface area contributed by atoms with Gasteiger partial charge in [0.25, 0.3) is 0 Å². The van der Waals surface area contributed by atoms with Crippen molar-refractivity contribution in [2.24, 2.45) is 10.9 Å². The summed E-state index contributed by atoms with van der Waals surface area (Å²) in [5.41, 5.74) is -0.553. The Morgan fingerprint density at radius 2 is 1.98 bits per heavy atom. The van der Waals surface area contributed by atoms with Crippen LogP contribution in [-0.4, -0.2) is 75.6 Å². The van der Waals surface area contributed by atoms with E-state index in [1.165, 1.54) is 15.9 Å². The summed E-state index contributed by atoms with van der Waals surface area (Å²) in [5, 5.41) is 2.75. The second kappa shape index (κ2) is 11.5. The number of hydrogen-bond donors (Lipinski definition) is 1. The van der Waals surface area contributed by atoms with Gasteiger partial charge in [-0.05, 0) is 58.1 Å². The number of fused-ring (bicyclic) bond motifs is 3. The molecule has 12 heteroatoms. The van der Waals surface area contributed by atoms with Crippen molar-refractivity contribution in [3.05, 3.63) is 47.3 Å². The summed E-state index contributed by atoms with van der Waals surface area (Å²) in [7, 11) is 0. The molecule has 1 aromatic carbocycles. The fraction of sp³-hybridized carbons (Fsp3) is 0.594. The van der Waals surface area contributed by atoms with Gasteiger partial charge in [-0.1, -0.05) is 37.1 Å². The van der Waals surface area contributed by atoms with Gasteiger partial charge in [0.1, 0.15) is 29.6 Å². The van der Waals surface area contributed by atoms with Gasteiger partial charge in [-0.25, -0.2) is 23.8 Å². The summed E-state index contributed by atoms with van der Waals surface area (Å²) in [5.74, 6) is -1.14. The molecular formula is C32H39FN4O7. The van der Waals surface area contributed by atoms with Crippen LogP contribution in [0.1, 0.15) is 76.8 Å². The van der Waals surface area contributed by atoms with Crippen LogP contribution in [0.25, 0.3) is 0 Å². The number of rotatable bonds is 2. The van der Waals surface area contributed by atoms with Crippen LogP contribution in [0.5, 0.6) is 0 Å². The number of carbonyl (C=O) groups is 4. The highest BCUT2D eigenvalue weighted by molar-refractivity contribution is 6.06. The molecule has 0 aromatic heterocycles. The third-order valence-electron chi connectivity index (χ3n) is 8.85. The number of allylic oxidation sites excluding steroid dienone is 1. The summed E-state index contributed by atoms with van der Waals surface area (Å²) in [6.45, 7) is 5.55. The monoisotopic (exact) mass is 610 g/mol. The van der Waals surface area contributed by atoms with Crippen LogP contribution < -0.4 is 5.32 Å². The maximum absolute atomic E-state index is 14.3. The van der Waals surface area contributed by atoms with Crippen molar-refractivity contribution in [3.63, 3.8) is 0 Å². The van der Waals surface area contributed by atoms with Gasteiger partial charge in [-0.3, -0.25) is 9.69 Å². The zero-order chi connectivity index (χ0) is 31.2.